The molecule has 0 radical (unpaired) electrons. The van der Waals surface area contributed by atoms with Gasteiger partial charge in [0.2, 0.25) is 0 Å². The molecule has 1 heterocycles. The molecule has 10 heavy (non-hydrogen) atoms. The van der Waals surface area contributed by atoms with E-state index < -0.39 is 0 Å². The van der Waals surface area contributed by atoms with Crippen molar-refractivity contribution < 1.29 is 0 Å². The van der Waals surface area contributed by atoms with Crippen molar-refractivity contribution >= 4 is 11.3 Å². The summed E-state index contributed by atoms with van der Waals surface area (Å²) in [6, 6.07) is 0.417. The molecule has 0 spiro atoms. The van der Waals surface area contributed by atoms with Crippen molar-refractivity contribution in [2.45, 2.75) is 25.3 Å². The minimum atomic E-state index is 0.417. The van der Waals surface area contributed by atoms with Crippen molar-refractivity contribution in [3.8, 4) is 0 Å². The second-order valence-corrected chi connectivity index (χ2v) is 4.05. The lowest BCUT2D eigenvalue weighted by Gasteiger charge is -1.85. The Labute approximate surface area is 64.1 Å². The Kier molecular flexibility index (Phi) is 1.28. The number of hydrogen-bond acceptors (Lipinski definition) is 3. The molecule has 0 unspecified atom stereocenters. The van der Waals surface area contributed by atoms with Crippen LogP contribution >= 0.6 is 11.3 Å². The normalized spacial score (nSPS) is 30.6. The number of hydrogen-bond donors (Lipinski definition) is 1. The van der Waals surface area contributed by atoms with E-state index in [-0.39, 0.29) is 0 Å². The number of nitrogens with two attached hydrogens (primary N) is 1. The Balaban J connectivity index is 2.20. The number of aromatic nitrogens is 1. The van der Waals surface area contributed by atoms with Crippen LogP contribution in [0.1, 0.15) is 22.2 Å². The molecule has 54 valence electrons. The lowest BCUT2D eigenvalue weighted by Crippen LogP contribution is -1.99. The van der Waals surface area contributed by atoms with Gasteiger partial charge in [0.05, 0.1) is 5.01 Å². The third-order valence-electron chi connectivity index (χ3n) is 1.84. The van der Waals surface area contributed by atoms with E-state index in [0.29, 0.717) is 12.0 Å². The number of nitrogens with zero attached hydrogens (tertiary/aromatic N) is 1. The van der Waals surface area contributed by atoms with Crippen LogP contribution in [0.4, 0.5) is 0 Å². The van der Waals surface area contributed by atoms with Crippen LogP contribution in [0.2, 0.25) is 0 Å². The maximum Gasteiger partial charge on any atom is 0.0896 e. The Morgan fingerprint density at radius 3 is 2.90 bits per heavy atom. The van der Waals surface area contributed by atoms with E-state index in [1.807, 2.05) is 13.1 Å². The van der Waals surface area contributed by atoms with E-state index in [1.54, 1.807) is 11.3 Å². The molecule has 1 fully saturated rings. The second kappa shape index (κ2) is 2.04. The molecule has 2 atom stereocenters. The molecule has 0 amide bonds. The van der Waals surface area contributed by atoms with Gasteiger partial charge in [-0.25, -0.2) is 4.98 Å². The largest absolute Gasteiger partial charge is 0.327 e. The highest BCUT2D eigenvalue weighted by Gasteiger charge is 2.36. The fourth-order valence-corrected chi connectivity index (χ4v) is 2.07. The van der Waals surface area contributed by atoms with E-state index in [1.165, 1.54) is 4.88 Å². The molecule has 1 aromatic rings. The minimum absolute atomic E-state index is 0.417. The van der Waals surface area contributed by atoms with Gasteiger partial charge in [0.25, 0.3) is 0 Å². The Bertz CT molecular complexity index is 244. The summed E-state index contributed by atoms with van der Waals surface area (Å²) in [5.74, 6) is 0.631. The van der Waals surface area contributed by atoms with Crippen molar-refractivity contribution in [1.82, 2.24) is 4.98 Å². The zero-order valence-electron chi connectivity index (χ0n) is 5.87. The number of rotatable bonds is 1. The average molecular weight is 154 g/mol. The van der Waals surface area contributed by atoms with E-state index in [9.17, 15) is 0 Å². The molecule has 0 saturated heterocycles. The second-order valence-electron chi connectivity index (χ2n) is 2.79. The highest BCUT2D eigenvalue weighted by molar-refractivity contribution is 7.11. The van der Waals surface area contributed by atoms with Gasteiger partial charge in [0, 0.05) is 23.0 Å². The fourth-order valence-electron chi connectivity index (χ4n) is 1.09. The monoisotopic (exact) mass is 154 g/mol. The average Bonchev–Trinajstić information content (AvgIpc) is 2.42. The predicted octanol–water partition coefficient (Wildman–Crippen LogP) is 1.27. The highest BCUT2D eigenvalue weighted by Crippen LogP contribution is 2.41. The van der Waals surface area contributed by atoms with Gasteiger partial charge in [-0.05, 0) is 13.3 Å². The first kappa shape index (κ1) is 6.31. The smallest absolute Gasteiger partial charge is 0.0896 e. The molecule has 2 nitrogen and oxygen atoms in total. The van der Waals surface area contributed by atoms with E-state index in [0.717, 1.165) is 11.4 Å². The molecule has 0 aromatic carbocycles. The summed E-state index contributed by atoms with van der Waals surface area (Å²) in [6.07, 6.45) is 3.11. The SMILES string of the molecule is Cc1ncc([C@H]2C[C@@H]2N)s1. The molecule has 2 N–H and O–H groups in total. The summed E-state index contributed by atoms with van der Waals surface area (Å²) in [7, 11) is 0. The summed E-state index contributed by atoms with van der Waals surface area (Å²) in [4.78, 5) is 5.54. The lowest BCUT2D eigenvalue weighted by atomic mass is 10.4. The van der Waals surface area contributed by atoms with Gasteiger partial charge < -0.3 is 5.73 Å². The molecule has 3 heteroatoms. The van der Waals surface area contributed by atoms with Gasteiger partial charge in [0.1, 0.15) is 0 Å². The van der Waals surface area contributed by atoms with Gasteiger partial charge in [-0.15, -0.1) is 11.3 Å². The minimum Gasteiger partial charge on any atom is -0.327 e. The predicted molar refractivity (Wildman–Crippen MR) is 42.2 cm³/mol. The Hall–Kier alpha value is -0.410. The molecule has 0 aliphatic heterocycles. The van der Waals surface area contributed by atoms with Gasteiger partial charge in [-0.2, -0.15) is 0 Å². The summed E-state index contributed by atoms with van der Waals surface area (Å²) in [5, 5.41) is 1.15. The van der Waals surface area contributed by atoms with Gasteiger partial charge in [0.15, 0.2) is 0 Å². The standard InChI is InChI=1S/C7H10N2S/c1-4-9-3-7(10-4)5-2-6(5)8/h3,5-6H,2,8H2,1H3/t5-,6-/m0/s1. The van der Waals surface area contributed by atoms with Gasteiger partial charge in [-0.3, -0.25) is 0 Å². The van der Waals surface area contributed by atoms with Crippen LogP contribution in [0.15, 0.2) is 6.20 Å². The van der Waals surface area contributed by atoms with Crippen LogP contribution in [0.25, 0.3) is 0 Å². The molecule has 2 rings (SSSR count). The number of thiazole rings is 1. The first-order chi connectivity index (χ1) is 4.77. The van der Waals surface area contributed by atoms with E-state index in [4.69, 9.17) is 5.73 Å². The lowest BCUT2D eigenvalue weighted by molar-refractivity contribution is 1.00. The molecule has 1 saturated carbocycles. The maximum atomic E-state index is 5.69. The van der Waals surface area contributed by atoms with Crippen molar-refractivity contribution in [3.05, 3.63) is 16.1 Å². The topological polar surface area (TPSA) is 38.9 Å². The van der Waals surface area contributed by atoms with Crippen LogP contribution in [0.3, 0.4) is 0 Å². The van der Waals surface area contributed by atoms with Gasteiger partial charge in [-0.1, -0.05) is 0 Å². The summed E-state index contributed by atoms with van der Waals surface area (Å²) >= 11 is 1.77. The number of aryl methyl sites for hydroxylation is 1. The maximum absolute atomic E-state index is 5.69. The van der Waals surface area contributed by atoms with Crippen LogP contribution in [-0.2, 0) is 0 Å². The zero-order valence-corrected chi connectivity index (χ0v) is 6.69. The first-order valence-corrected chi connectivity index (χ1v) is 4.27. The van der Waals surface area contributed by atoms with Crippen LogP contribution in [-0.4, -0.2) is 11.0 Å². The molecule has 1 aliphatic rings. The Morgan fingerprint density at radius 1 is 1.80 bits per heavy atom. The molecular formula is C7H10N2S. The summed E-state index contributed by atoms with van der Waals surface area (Å²) in [6.45, 7) is 2.03. The van der Waals surface area contributed by atoms with Crippen molar-refractivity contribution in [2.75, 3.05) is 0 Å². The van der Waals surface area contributed by atoms with Crippen molar-refractivity contribution in [1.29, 1.82) is 0 Å². The molecule has 0 bridgehead atoms. The van der Waals surface area contributed by atoms with E-state index >= 15 is 0 Å². The van der Waals surface area contributed by atoms with Crippen molar-refractivity contribution in [3.63, 3.8) is 0 Å². The quantitative estimate of drug-likeness (QED) is 0.661. The fraction of sp³-hybridized carbons (Fsp3) is 0.571. The molecular weight excluding hydrogens is 144 g/mol. The summed E-state index contributed by atoms with van der Waals surface area (Å²) < 4.78 is 0. The molecule has 1 aromatic heterocycles. The van der Waals surface area contributed by atoms with Crippen LogP contribution in [0, 0.1) is 6.92 Å². The summed E-state index contributed by atoms with van der Waals surface area (Å²) in [5.41, 5.74) is 5.69. The zero-order chi connectivity index (χ0) is 7.14. The van der Waals surface area contributed by atoms with Crippen LogP contribution < -0.4 is 5.73 Å². The third-order valence-corrected chi connectivity index (χ3v) is 2.89. The van der Waals surface area contributed by atoms with E-state index in [2.05, 4.69) is 4.98 Å². The Morgan fingerprint density at radius 2 is 2.50 bits per heavy atom. The molecule has 1 aliphatic carbocycles. The van der Waals surface area contributed by atoms with Crippen LogP contribution in [0.5, 0.6) is 0 Å². The highest BCUT2D eigenvalue weighted by atomic mass is 32.1. The first-order valence-electron chi connectivity index (χ1n) is 3.45. The third kappa shape index (κ3) is 0.954. The van der Waals surface area contributed by atoms with Gasteiger partial charge >= 0.3 is 0 Å². The van der Waals surface area contributed by atoms with Crippen molar-refractivity contribution in [2.24, 2.45) is 5.73 Å².